The highest BCUT2D eigenvalue weighted by Gasteiger charge is 2.06. The lowest BCUT2D eigenvalue weighted by Crippen LogP contribution is -2.06. The topological polar surface area (TPSA) is 63.3 Å². The molecular weight excluding hydrogens is 166 g/mol. The summed E-state index contributed by atoms with van der Waals surface area (Å²) in [5, 5.41) is 8.68. The van der Waals surface area contributed by atoms with Gasteiger partial charge < -0.3 is 10.8 Å². The van der Waals surface area contributed by atoms with Gasteiger partial charge in [-0.2, -0.15) is 0 Å². The maximum Gasteiger partial charge on any atom is 0.333 e. The summed E-state index contributed by atoms with van der Waals surface area (Å²) < 4.78 is 0. The van der Waals surface area contributed by atoms with Crippen LogP contribution in [-0.4, -0.2) is 11.1 Å². The van der Waals surface area contributed by atoms with Gasteiger partial charge >= 0.3 is 5.97 Å². The molecule has 0 saturated carbocycles. The van der Waals surface area contributed by atoms with E-state index in [1.165, 1.54) is 6.92 Å². The molecule has 0 atom stereocenters. The van der Waals surface area contributed by atoms with Gasteiger partial charge in [0.25, 0.3) is 0 Å². The van der Waals surface area contributed by atoms with Gasteiger partial charge in [-0.1, -0.05) is 30.3 Å². The number of benzene rings is 1. The molecule has 0 unspecified atom stereocenters. The van der Waals surface area contributed by atoms with Gasteiger partial charge in [0.1, 0.15) is 0 Å². The first-order valence-electron chi connectivity index (χ1n) is 3.88. The molecule has 3 heteroatoms. The van der Waals surface area contributed by atoms with Gasteiger partial charge in [-0.05, 0) is 12.5 Å². The zero-order valence-corrected chi connectivity index (χ0v) is 7.32. The largest absolute Gasteiger partial charge is 0.478 e. The van der Waals surface area contributed by atoms with Crippen LogP contribution < -0.4 is 5.73 Å². The lowest BCUT2D eigenvalue weighted by molar-refractivity contribution is -0.132. The fourth-order valence-corrected chi connectivity index (χ4v) is 0.949. The van der Waals surface area contributed by atoms with Crippen LogP contribution in [0.15, 0.2) is 35.9 Å². The van der Waals surface area contributed by atoms with Crippen LogP contribution in [0.1, 0.15) is 12.5 Å². The molecule has 0 fully saturated rings. The summed E-state index contributed by atoms with van der Waals surface area (Å²) >= 11 is 0. The number of hydrogen-bond acceptors (Lipinski definition) is 2. The van der Waals surface area contributed by atoms with Gasteiger partial charge in [0.15, 0.2) is 0 Å². The first-order valence-corrected chi connectivity index (χ1v) is 3.88. The third kappa shape index (κ3) is 2.08. The van der Waals surface area contributed by atoms with E-state index in [1.54, 1.807) is 12.1 Å². The molecule has 0 bridgehead atoms. The second-order valence-corrected chi connectivity index (χ2v) is 2.71. The van der Waals surface area contributed by atoms with Crippen LogP contribution >= 0.6 is 0 Å². The van der Waals surface area contributed by atoms with Gasteiger partial charge in [0.2, 0.25) is 0 Å². The van der Waals surface area contributed by atoms with Crippen molar-refractivity contribution < 1.29 is 9.90 Å². The minimum atomic E-state index is -0.985. The van der Waals surface area contributed by atoms with Crippen molar-refractivity contribution in [1.82, 2.24) is 0 Å². The van der Waals surface area contributed by atoms with E-state index in [9.17, 15) is 4.79 Å². The highest BCUT2D eigenvalue weighted by molar-refractivity contribution is 5.94. The molecule has 3 N–H and O–H groups in total. The van der Waals surface area contributed by atoms with E-state index in [2.05, 4.69) is 0 Å². The van der Waals surface area contributed by atoms with Crippen molar-refractivity contribution in [3.63, 3.8) is 0 Å². The van der Waals surface area contributed by atoms with Gasteiger partial charge in [-0.15, -0.1) is 0 Å². The zero-order valence-electron chi connectivity index (χ0n) is 7.32. The summed E-state index contributed by atoms with van der Waals surface area (Å²) in [6, 6.07) is 9.05. The summed E-state index contributed by atoms with van der Waals surface area (Å²) in [7, 11) is 0. The third-order valence-electron chi connectivity index (χ3n) is 1.81. The number of carbonyl (C=O) groups is 1. The Labute approximate surface area is 76.5 Å². The number of rotatable bonds is 2. The van der Waals surface area contributed by atoms with Crippen LogP contribution in [0.5, 0.6) is 0 Å². The SMILES string of the molecule is C/C(C(=O)O)=C(/N)c1ccccc1. The quantitative estimate of drug-likeness (QED) is 0.672. The zero-order chi connectivity index (χ0) is 9.84. The summed E-state index contributed by atoms with van der Waals surface area (Å²) in [6.45, 7) is 1.49. The molecule has 0 saturated heterocycles. The predicted octanol–water partition coefficient (Wildman–Crippen LogP) is 1.46. The van der Waals surface area contributed by atoms with Crippen molar-refractivity contribution in [1.29, 1.82) is 0 Å². The van der Waals surface area contributed by atoms with Crippen molar-refractivity contribution in [2.24, 2.45) is 5.73 Å². The van der Waals surface area contributed by atoms with Crippen LogP contribution in [0, 0.1) is 0 Å². The smallest absolute Gasteiger partial charge is 0.333 e. The number of nitrogens with two attached hydrogens (primary N) is 1. The van der Waals surface area contributed by atoms with Gasteiger partial charge in [-0.3, -0.25) is 0 Å². The molecular formula is C10H11NO2. The standard InChI is InChI=1S/C10H11NO2/c1-7(10(12)13)9(11)8-5-3-2-4-6-8/h2-6H,11H2,1H3,(H,12,13)/b9-7-. The van der Waals surface area contributed by atoms with Crippen LogP contribution in [-0.2, 0) is 4.79 Å². The summed E-state index contributed by atoms with van der Waals surface area (Å²) in [5.74, 6) is -0.985. The Bertz CT molecular complexity index is 341. The molecule has 3 nitrogen and oxygen atoms in total. The third-order valence-corrected chi connectivity index (χ3v) is 1.81. The second-order valence-electron chi connectivity index (χ2n) is 2.71. The van der Waals surface area contributed by atoms with E-state index in [-0.39, 0.29) is 5.57 Å². The lowest BCUT2D eigenvalue weighted by atomic mass is 10.1. The Morgan fingerprint density at radius 3 is 2.31 bits per heavy atom. The van der Waals surface area contributed by atoms with Crippen LogP contribution in [0.25, 0.3) is 5.70 Å². The van der Waals surface area contributed by atoms with Gasteiger partial charge in [0, 0.05) is 5.70 Å². The van der Waals surface area contributed by atoms with E-state index >= 15 is 0 Å². The summed E-state index contributed by atoms with van der Waals surface area (Å²) in [5.41, 5.74) is 6.86. The maximum absolute atomic E-state index is 10.6. The molecule has 1 aromatic rings. The van der Waals surface area contributed by atoms with E-state index < -0.39 is 5.97 Å². The number of carboxylic acid groups (broad SMARTS) is 1. The summed E-state index contributed by atoms with van der Waals surface area (Å²) in [6.07, 6.45) is 0. The molecule has 0 heterocycles. The molecule has 68 valence electrons. The molecule has 0 aromatic heterocycles. The predicted molar refractivity (Wildman–Crippen MR) is 50.9 cm³/mol. The Kier molecular flexibility index (Phi) is 2.69. The van der Waals surface area contributed by atoms with Crippen molar-refractivity contribution in [2.75, 3.05) is 0 Å². The molecule has 0 aliphatic rings. The minimum Gasteiger partial charge on any atom is -0.478 e. The molecule has 1 rings (SSSR count). The number of hydrogen-bond donors (Lipinski definition) is 2. The Hall–Kier alpha value is -1.77. The minimum absolute atomic E-state index is 0.172. The van der Waals surface area contributed by atoms with Gasteiger partial charge in [0.05, 0.1) is 5.57 Å². The highest BCUT2D eigenvalue weighted by Crippen LogP contribution is 2.12. The van der Waals surface area contributed by atoms with Crippen molar-refractivity contribution in [2.45, 2.75) is 6.92 Å². The monoisotopic (exact) mass is 177 g/mol. The molecule has 1 aromatic carbocycles. The van der Waals surface area contributed by atoms with Crippen molar-refractivity contribution >= 4 is 11.7 Å². The van der Waals surface area contributed by atoms with E-state index in [4.69, 9.17) is 10.8 Å². The summed E-state index contributed by atoms with van der Waals surface area (Å²) in [4.78, 5) is 10.6. The Balaban J connectivity index is 3.11. The average Bonchev–Trinajstić information content (AvgIpc) is 2.17. The Morgan fingerprint density at radius 2 is 1.85 bits per heavy atom. The fraction of sp³-hybridized carbons (Fsp3) is 0.100. The van der Waals surface area contributed by atoms with Crippen molar-refractivity contribution in [3.8, 4) is 0 Å². The molecule has 0 aliphatic heterocycles. The first kappa shape index (κ1) is 9.32. The second kappa shape index (κ2) is 3.76. The maximum atomic E-state index is 10.6. The fourth-order valence-electron chi connectivity index (χ4n) is 0.949. The van der Waals surface area contributed by atoms with E-state index in [1.807, 2.05) is 18.2 Å². The molecule has 13 heavy (non-hydrogen) atoms. The van der Waals surface area contributed by atoms with E-state index in [0.29, 0.717) is 5.70 Å². The van der Waals surface area contributed by atoms with Crippen LogP contribution in [0.2, 0.25) is 0 Å². The molecule has 0 amide bonds. The number of carboxylic acids is 1. The van der Waals surface area contributed by atoms with Gasteiger partial charge in [-0.25, -0.2) is 4.79 Å². The molecule has 0 spiro atoms. The molecule has 0 radical (unpaired) electrons. The first-order chi connectivity index (χ1) is 6.13. The van der Waals surface area contributed by atoms with Crippen molar-refractivity contribution in [3.05, 3.63) is 41.5 Å². The van der Waals surface area contributed by atoms with E-state index in [0.717, 1.165) is 5.56 Å². The van der Waals surface area contributed by atoms with Crippen LogP contribution in [0.3, 0.4) is 0 Å². The number of aliphatic carboxylic acids is 1. The Morgan fingerprint density at radius 1 is 1.31 bits per heavy atom. The van der Waals surface area contributed by atoms with Crippen LogP contribution in [0.4, 0.5) is 0 Å². The lowest BCUT2D eigenvalue weighted by Gasteiger charge is -2.03. The molecule has 0 aliphatic carbocycles. The average molecular weight is 177 g/mol. The normalized spacial score (nSPS) is 12.1. The highest BCUT2D eigenvalue weighted by atomic mass is 16.4.